The molecule has 0 saturated carbocycles. The highest BCUT2D eigenvalue weighted by Gasteiger charge is 2.11. The quantitative estimate of drug-likeness (QED) is 0.419. The van der Waals surface area contributed by atoms with Crippen LogP contribution in [0.1, 0.15) is 35.6 Å². The molecule has 0 aliphatic rings. The van der Waals surface area contributed by atoms with Crippen molar-refractivity contribution in [2.45, 2.75) is 27.3 Å². The minimum atomic E-state index is -0.245. The highest BCUT2D eigenvalue weighted by Crippen LogP contribution is 2.18. The molecule has 1 amide bonds. The summed E-state index contributed by atoms with van der Waals surface area (Å²) in [7, 11) is 0. The number of hydrogen-bond donors (Lipinski definition) is 1. The van der Waals surface area contributed by atoms with Gasteiger partial charge in [0.05, 0.1) is 16.7 Å². The van der Waals surface area contributed by atoms with Gasteiger partial charge in [-0.05, 0) is 61.4 Å². The highest BCUT2D eigenvalue weighted by molar-refractivity contribution is 6.03. The number of aromatic nitrogens is 2. The summed E-state index contributed by atoms with van der Waals surface area (Å²) in [6.07, 6.45) is 0. The van der Waals surface area contributed by atoms with E-state index in [0.717, 1.165) is 40.1 Å². The van der Waals surface area contributed by atoms with Gasteiger partial charge in [-0.3, -0.25) is 4.79 Å². The van der Waals surface area contributed by atoms with Gasteiger partial charge in [0, 0.05) is 12.1 Å². The number of hydrazone groups is 1. The van der Waals surface area contributed by atoms with Crippen molar-refractivity contribution < 1.29 is 4.79 Å². The average molecular weight is 370 g/mol. The molecule has 0 aliphatic heterocycles. The van der Waals surface area contributed by atoms with Gasteiger partial charge in [-0.15, -0.1) is 0 Å². The fraction of sp³-hybridized carbons (Fsp3) is 0.174. The second-order valence-electron chi connectivity index (χ2n) is 6.81. The van der Waals surface area contributed by atoms with Crippen molar-refractivity contribution in [3.63, 3.8) is 0 Å². The van der Waals surface area contributed by atoms with E-state index in [9.17, 15) is 4.79 Å². The van der Waals surface area contributed by atoms with E-state index in [1.54, 1.807) is 0 Å². The van der Waals surface area contributed by atoms with Gasteiger partial charge in [0.25, 0.3) is 5.91 Å². The Balaban J connectivity index is 1.56. The molecule has 1 N–H and O–H groups in total. The van der Waals surface area contributed by atoms with Crippen molar-refractivity contribution in [3.05, 3.63) is 77.6 Å². The van der Waals surface area contributed by atoms with Crippen LogP contribution >= 0.6 is 0 Å². The van der Waals surface area contributed by atoms with Crippen molar-refractivity contribution in [1.82, 2.24) is 15.0 Å². The number of amides is 1. The number of fused-ring (bicyclic) bond motifs is 2. The van der Waals surface area contributed by atoms with E-state index >= 15 is 0 Å². The summed E-state index contributed by atoms with van der Waals surface area (Å²) in [6, 6.07) is 19.9. The molecule has 1 heterocycles. The smallest absolute Gasteiger partial charge is 0.271 e. The monoisotopic (exact) mass is 370 g/mol. The van der Waals surface area contributed by atoms with Crippen molar-refractivity contribution in [1.29, 1.82) is 0 Å². The molecule has 4 aromatic rings. The van der Waals surface area contributed by atoms with Crippen molar-refractivity contribution in [2.24, 2.45) is 5.10 Å². The molecule has 0 saturated heterocycles. The third-order valence-corrected chi connectivity index (χ3v) is 5.01. The number of carbonyl (C=O) groups excluding carboxylic acids is 1. The Hall–Kier alpha value is -3.47. The van der Waals surface area contributed by atoms with Crippen LogP contribution in [0.4, 0.5) is 0 Å². The zero-order valence-electron chi connectivity index (χ0n) is 16.2. The predicted molar refractivity (Wildman–Crippen MR) is 114 cm³/mol. The van der Waals surface area contributed by atoms with Gasteiger partial charge < -0.3 is 4.57 Å². The van der Waals surface area contributed by atoms with E-state index in [1.165, 1.54) is 5.39 Å². The largest absolute Gasteiger partial charge is 0.329 e. The Morgan fingerprint density at radius 1 is 1.04 bits per heavy atom. The highest BCUT2D eigenvalue weighted by atomic mass is 16.2. The van der Waals surface area contributed by atoms with E-state index in [4.69, 9.17) is 0 Å². The van der Waals surface area contributed by atoms with Gasteiger partial charge in [-0.1, -0.05) is 36.4 Å². The van der Waals surface area contributed by atoms with Crippen LogP contribution < -0.4 is 5.43 Å². The SMILES string of the molecule is CCn1c(C)nc2cc(C(=O)N/N=C(/C)c3ccc4ccccc4c3)ccc21. The van der Waals surface area contributed by atoms with Crippen molar-refractivity contribution in [2.75, 3.05) is 0 Å². The van der Waals surface area contributed by atoms with Crippen LogP contribution in [0.15, 0.2) is 65.8 Å². The molecule has 0 radical (unpaired) electrons. The van der Waals surface area contributed by atoms with E-state index < -0.39 is 0 Å². The molecule has 0 fully saturated rings. The summed E-state index contributed by atoms with van der Waals surface area (Å²) in [5.74, 6) is 0.700. The number of nitrogens with one attached hydrogen (secondary N) is 1. The Labute approximate surface area is 163 Å². The molecule has 5 nitrogen and oxygen atoms in total. The number of rotatable bonds is 4. The fourth-order valence-electron chi connectivity index (χ4n) is 3.47. The maximum absolute atomic E-state index is 12.5. The number of aryl methyl sites for hydroxylation is 2. The molecule has 0 atom stereocenters. The predicted octanol–water partition coefficient (Wildman–Crippen LogP) is 4.67. The Kier molecular flexibility index (Phi) is 4.65. The van der Waals surface area contributed by atoms with Gasteiger partial charge in [0.15, 0.2) is 0 Å². The van der Waals surface area contributed by atoms with Crippen LogP contribution in [0.5, 0.6) is 0 Å². The molecule has 5 heteroatoms. The first kappa shape index (κ1) is 17.9. The molecule has 0 spiro atoms. The van der Waals surface area contributed by atoms with Crippen LogP contribution in [0.3, 0.4) is 0 Å². The normalized spacial score (nSPS) is 11.9. The molecule has 0 aliphatic carbocycles. The summed E-state index contributed by atoms with van der Waals surface area (Å²) in [5, 5.41) is 6.61. The van der Waals surface area contributed by atoms with Gasteiger partial charge in [0.1, 0.15) is 5.82 Å². The van der Waals surface area contributed by atoms with Gasteiger partial charge in [0.2, 0.25) is 0 Å². The maximum Gasteiger partial charge on any atom is 0.271 e. The first-order valence-electron chi connectivity index (χ1n) is 9.37. The summed E-state index contributed by atoms with van der Waals surface area (Å²) >= 11 is 0. The van der Waals surface area contributed by atoms with Gasteiger partial charge in [-0.2, -0.15) is 5.10 Å². The Morgan fingerprint density at radius 3 is 2.57 bits per heavy atom. The zero-order valence-corrected chi connectivity index (χ0v) is 16.2. The summed E-state index contributed by atoms with van der Waals surface area (Å²) in [6.45, 7) is 6.79. The maximum atomic E-state index is 12.5. The first-order valence-corrected chi connectivity index (χ1v) is 9.37. The topological polar surface area (TPSA) is 59.3 Å². The second kappa shape index (κ2) is 7.27. The first-order chi connectivity index (χ1) is 13.6. The molecular formula is C23H22N4O. The average Bonchev–Trinajstić information content (AvgIpc) is 3.05. The Bertz CT molecular complexity index is 1220. The minimum Gasteiger partial charge on any atom is -0.329 e. The van der Waals surface area contributed by atoms with E-state index in [1.807, 2.05) is 50.2 Å². The number of hydrogen-bond acceptors (Lipinski definition) is 3. The lowest BCUT2D eigenvalue weighted by molar-refractivity contribution is 0.0955. The van der Waals surface area contributed by atoms with Gasteiger partial charge in [-0.25, -0.2) is 10.4 Å². The third kappa shape index (κ3) is 3.27. The summed E-state index contributed by atoms with van der Waals surface area (Å²) in [4.78, 5) is 17.1. The van der Waals surface area contributed by atoms with E-state index in [2.05, 4.69) is 51.3 Å². The van der Waals surface area contributed by atoms with E-state index in [-0.39, 0.29) is 5.91 Å². The Morgan fingerprint density at radius 2 is 1.79 bits per heavy atom. The van der Waals surface area contributed by atoms with Crippen LogP contribution in [-0.4, -0.2) is 21.2 Å². The standard InChI is InChI=1S/C23H22N4O/c1-4-27-16(3)24-21-14-20(11-12-22(21)27)23(28)26-25-15(2)18-10-9-17-7-5-6-8-19(17)13-18/h5-14H,4H2,1-3H3,(H,26,28)/b25-15-. The molecule has 3 aromatic carbocycles. The van der Waals surface area contributed by atoms with Gasteiger partial charge >= 0.3 is 0 Å². The minimum absolute atomic E-state index is 0.245. The molecule has 28 heavy (non-hydrogen) atoms. The molecule has 0 bridgehead atoms. The van der Waals surface area contributed by atoms with Crippen LogP contribution in [0, 0.1) is 6.92 Å². The molecule has 140 valence electrons. The van der Waals surface area contributed by atoms with Crippen LogP contribution in [0.2, 0.25) is 0 Å². The number of benzene rings is 3. The van der Waals surface area contributed by atoms with E-state index in [0.29, 0.717) is 5.56 Å². The molecule has 4 rings (SSSR count). The zero-order chi connectivity index (χ0) is 19.7. The number of carbonyl (C=O) groups is 1. The van der Waals surface area contributed by atoms with Crippen LogP contribution in [-0.2, 0) is 6.54 Å². The fourth-order valence-corrected chi connectivity index (χ4v) is 3.47. The molecular weight excluding hydrogens is 348 g/mol. The summed E-state index contributed by atoms with van der Waals surface area (Å²) in [5.41, 5.74) is 6.79. The lowest BCUT2D eigenvalue weighted by Crippen LogP contribution is -2.19. The van der Waals surface area contributed by atoms with Crippen LogP contribution in [0.25, 0.3) is 21.8 Å². The van der Waals surface area contributed by atoms with Crippen molar-refractivity contribution >= 4 is 33.4 Å². The lowest BCUT2D eigenvalue weighted by Gasteiger charge is -2.05. The number of imidazole rings is 1. The molecule has 0 unspecified atom stereocenters. The lowest BCUT2D eigenvalue weighted by atomic mass is 10.0. The third-order valence-electron chi connectivity index (χ3n) is 5.01. The number of nitrogens with zero attached hydrogens (tertiary/aromatic N) is 3. The second-order valence-corrected chi connectivity index (χ2v) is 6.81. The molecule has 1 aromatic heterocycles. The summed E-state index contributed by atoms with van der Waals surface area (Å²) < 4.78 is 2.12. The van der Waals surface area contributed by atoms with Crippen molar-refractivity contribution in [3.8, 4) is 0 Å².